The molecule has 23 heavy (non-hydrogen) atoms. The molecule has 0 bridgehead atoms. The summed E-state index contributed by atoms with van der Waals surface area (Å²) in [6.45, 7) is 3.73. The van der Waals surface area contributed by atoms with Crippen LogP contribution >= 0.6 is 0 Å². The molecule has 0 amide bonds. The van der Waals surface area contributed by atoms with E-state index in [4.69, 9.17) is 0 Å². The Hall–Kier alpha value is -3.01. The second-order valence-corrected chi connectivity index (χ2v) is 5.34. The van der Waals surface area contributed by atoms with Gasteiger partial charge in [-0.1, -0.05) is 48.5 Å². The van der Waals surface area contributed by atoms with Gasteiger partial charge in [-0.2, -0.15) is 9.78 Å². The molecule has 0 saturated heterocycles. The van der Waals surface area contributed by atoms with Gasteiger partial charge in [0.05, 0.1) is 17.1 Å². The third-order valence-electron chi connectivity index (χ3n) is 3.49. The van der Waals surface area contributed by atoms with E-state index in [-0.39, 0.29) is 5.56 Å². The average molecular weight is 303 g/mol. The number of benzene rings is 2. The minimum absolute atomic E-state index is 0.156. The first-order chi connectivity index (χ1) is 11.1. The zero-order chi connectivity index (χ0) is 16.2. The third-order valence-corrected chi connectivity index (χ3v) is 3.49. The fraction of sp³-hybridized carbons (Fsp3) is 0.105. The van der Waals surface area contributed by atoms with Gasteiger partial charge in [-0.15, -0.1) is 0 Å². The molecule has 1 aromatic heterocycles. The quantitative estimate of drug-likeness (QED) is 0.693. The number of hydrogen-bond acceptors (Lipinski definition) is 3. The van der Waals surface area contributed by atoms with Crippen LogP contribution in [0.4, 0.5) is 0 Å². The van der Waals surface area contributed by atoms with Crippen LogP contribution in [0.1, 0.15) is 18.3 Å². The molecule has 114 valence electrons. The smallest absolute Gasteiger partial charge is 0.267 e. The van der Waals surface area contributed by atoms with E-state index in [1.165, 1.54) is 4.68 Å². The summed E-state index contributed by atoms with van der Waals surface area (Å²) < 4.78 is 1.34. The second kappa shape index (κ2) is 6.40. The van der Waals surface area contributed by atoms with E-state index in [0.717, 1.165) is 11.1 Å². The van der Waals surface area contributed by atoms with E-state index in [1.807, 2.05) is 61.5 Å². The molecule has 0 N–H and O–H groups in total. The lowest BCUT2D eigenvalue weighted by Crippen LogP contribution is -2.20. The Morgan fingerprint density at radius 3 is 2.57 bits per heavy atom. The van der Waals surface area contributed by atoms with Crippen molar-refractivity contribution in [2.24, 2.45) is 5.10 Å². The second-order valence-electron chi connectivity index (χ2n) is 5.34. The van der Waals surface area contributed by atoms with E-state index in [1.54, 1.807) is 19.2 Å². The largest absolute Gasteiger partial charge is 0.282 e. The van der Waals surface area contributed by atoms with Gasteiger partial charge in [0.15, 0.2) is 0 Å². The van der Waals surface area contributed by atoms with E-state index in [0.29, 0.717) is 16.7 Å². The van der Waals surface area contributed by atoms with Crippen LogP contribution in [0.2, 0.25) is 0 Å². The SMILES string of the molecule is CC(/C=N/n1c(C)nc2ccccc2c1=O)=C\c1ccccc1. The Morgan fingerprint density at radius 1 is 1.09 bits per heavy atom. The number of rotatable bonds is 3. The maximum atomic E-state index is 12.5. The van der Waals surface area contributed by atoms with Crippen LogP contribution in [-0.4, -0.2) is 15.9 Å². The van der Waals surface area contributed by atoms with Crippen molar-refractivity contribution in [2.45, 2.75) is 13.8 Å². The minimum Gasteiger partial charge on any atom is -0.267 e. The lowest BCUT2D eigenvalue weighted by Gasteiger charge is -2.05. The summed E-state index contributed by atoms with van der Waals surface area (Å²) in [5.74, 6) is 0.567. The molecule has 1 heterocycles. The van der Waals surface area contributed by atoms with Crippen LogP contribution in [0.3, 0.4) is 0 Å². The molecule has 0 unspecified atom stereocenters. The maximum absolute atomic E-state index is 12.5. The molecule has 0 atom stereocenters. The Labute approximate surface area is 134 Å². The van der Waals surface area contributed by atoms with Gasteiger partial charge >= 0.3 is 0 Å². The minimum atomic E-state index is -0.156. The van der Waals surface area contributed by atoms with E-state index in [9.17, 15) is 4.79 Å². The molecule has 0 aliphatic carbocycles. The lowest BCUT2D eigenvalue weighted by molar-refractivity contribution is 0.770. The molecule has 0 aliphatic rings. The van der Waals surface area contributed by atoms with Crippen molar-refractivity contribution in [3.63, 3.8) is 0 Å². The number of hydrogen-bond donors (Lipinski definition) is 0. The van der Waals surface area contributed by atoms with E-state index >= 15 is 0 Å². The first-order valence-corrected chi connectivity index (χ1v) is 7.41. The van der Waals surface area contributed by atoms with E-state index < -0.39 is 0 Å². The van der Waals surface area contributed by atoms with Crippen LogP contribution < -0.4 is 5.56 Å². The summed E-state index contributed by atoms with van der Waals surface area (Å²) in [6, 6.07) is 17.3. The summed E-state index contributed by atoms with van der Waals surface area (Å²) in [5, 5.41) is 4.87. The summed E-state index contributed by atoms with van der Waals surface area (Å²) in [4.78, 5) is 16.9. The molecular formula is C19H17N3O. The fourth-order valence-corrected chi connectivity index (χ4v) is 2.37. The molecule has 0 aliphatic heterocycles. The summed E-state index contributed by atoms with van der Waals surface area (Å²) in [5.41, 5.74) is 2.59. The van der Waals surface area contributed by atoms with Crippen molar-refractivity contribution in [1.82, 2.24) is 9.66 Å². The lowest BCUT2D eigenvalue weighted by atomic mass is 10.1. The molecule has 2 aromatic carbocycles. The standard InChI is InChI=1S/C19H17N3O/c1-14(12-16-8-4-3-5-9-16)13-20-22-15(2)21-18-11-7-6-10-17(18)19(22)23/h3-13H,1-2H3/b14-12+,20-13+. The summed E-state index contributed by atoms with van der Waals surface area (Å²) in [7, 11) is 0. The van der Waals surface area contributed by atoms with Crippen LogP contribution in [0, 0.1) is 6.92 Å². The van der Waals surface area contributed by atoms with E-state index in [2.05, 4.69) is 10.1 Å². The number of aromatic nitrogens is 2. The molecule has 3 aromatic rings. The van der Waals surface area contributed by atoms with Crippen LogP contribution in [0.15, 0.2) is 70.1 Å². The van der Waals surface area contributed by atoms with Crippen molar-refractivity contribution in [1.29, 1.82) is 0 Å². The summed E-state index contributed by atoms with van der Waals surface area (Å²) in [6.07, 6.45) is 3.69. The Bertz CT molecular complexity index is 953. The van der Waals surface area contributed by atoms with Gasteiger partial charge in [-0.3, -0.25) is 4.79 Å². The number of nitrogens with zero attached hydrogens (tertiary/aromatic N) is 3. The van der Waals surface area contributed by atoms with Crippen LogP contribution in [0.25, 0.3) is 17.0 Å². The highest BCUT2D eigenvalue weighted by Crippen LogP contribution is 2.08. The normalized spacial score (nSPS) is 12.2. The van der Waals surface area contributed by atoms with Gasteiger partial charge in [-0.05, 0) is 37.1 Å². The molecular weight excluding hydrogens is 286 g/mol. The topological polar surface area (TPSA) is 47.2 Å². The van der Waals surface area contributed by atoms with Crippen LogP contribution in [-0.2, 0) is 0 Å². The highest BCUT2D eigenvalue weighted by atomic mass is 16.1. The van der Waals surface area contributed by atoms with Gasteiger partial charge < -0.3 is 0 Å². The maximum Gasteiger partial charge on any atom is 0.282 e. The monoisotopic (exact) mass is 303 g/mol. The van der Waals surface area contributed by atoms with Gasteiger partial charge in [0.25, 0.3) is 5.56 Å². The van der Waals surface area contributed by atoms with Crippen molar-refractivity contribution >= 4 is 23.2 Å². The van der Waals surface area contributed by atoms with Crippen LogP contribution in [0.5, 0.6) is 0 Å². The predicted molar refractivity (Wildman–Crippen MR) is 94.7 cm³/mol. The first-order valence-electron chi connectivity index (χ1n) is 7.41. The van der Waals surface area contributed by atoms with Crippen molar-refractivity contribution in [3.8, 4) is 0 Å². The van der Waals surface area contributed by atoms with Crippen molar-refractivity contribution in [2.75, 3.05) is 0 Å². The van der Waals surface area contributed by atoms with Crippen molar-refractivity contribution in [3.05, 3.63) is 81.9 Å². The average Bonchev–Trinajstić information content (AvgIpc) is 2.55. The third kappa shape index (κ3) is 3.26. The number of fused-ring (bicyclic) bond motifs is 1. The van der Waals surface area contributed by atoms with Gasteiger partial charge in [0, 0.05) is 0 Å². The van der Waals surface area contributed by atoms with Gasteiger partial charge in [-0.25, -0.2) is 4.98 Å². The highest BCUT2D eigenvalue weighted by Gasteiger charge is 2.05. The van der Waals surface area contributed by atoms with Crippen molar-refractivity contribution < 1.29 is 0 Å². The molecule has 0 saturated carbocycles. The van der Waals surface area contributed by atoms with Gasteiger partial charge in [0.2, 0.25) is 0 Å². The number of allylic oxidation sites excluding steroid dienone is 1. The molecule has 0 spiro atoms. The zero-order valence-electron chi connectivity index (χ0n) is 13.1. The highest BCUT2D eigenvalue weighted by molar-refractivity contribution is 5.85. The number of para-hydroxylation sites is 1. The number of aryl methyl sites for hydroxylation is 1. The Morgan fingerprint density at radius 2 is 1.78 bits per heavy atom. The molecule has 3 rings (SSSR count). The van der Waals surface area contributed by atoms with Gasteiger partial charge in [0.1, 0.15) is 5.82 Å². The molecule has 4 nitrogen and oxygen atoms in total. The Balaban J connectivity index is 1.98. The fourth-order valence-electron chi connectivity index (χ4n) is 2.37. The zero-order valence-corrected chi connectivity index (χ0v) is 13.1. The summed E-state index contributed by atoms with van der Waals surface area (Å²) >= 11 is 0. The molecule has 4 heteroatoms. The first kappa shape index (κ1) is 14.9. The molecule has 0 fully saturated rings. The Kier molecular flexibility index (Phi) is 4.15. The molecule has 0 radical (unpaired) electrons. The predicted octanol–water partition coefficient (Wildman–Crippen LogP) is 3.64.